The number of rotatable bonds is 4. The zero-order chi connectivity index (χ0) is 21.2. The second-order valence-corrected chi connectivity index (χ2v) is 7.91. The Balaban J connectivity index is 1.42. The fourth-order valence-electron chi connectivity index (χ4n) is 2.95. The summed E-state index contributed by atoms with van der Waals surface area (Å²) in [6, 6.07) is 4.08. The Bertz CT molecular complexity index is 772. The first-order valence-corrected chi connectivity index (χ1v) is 9.28. The summed E-state index contributed by atoms with van der Waals surface area (Å²) in [7, 11) is 0. The number of hydrogen-bond acceptors (Lipinski definition) is 6. The van der Waals surface area contributed by atoms with E-state index in [1.54, 1.807) is 26.8 Å². The quantitative estimate of drug-likeness (QED) is 0.787. The highest BCUT2D eigenvalue weighted by atomic mass is 19.3. The molecule has 0 aromatic heterocycles. The molecule has 2 N–H and O–H groups in total. The van der Waals surface area contributed by atoms with Gasteiger partial charge >= 0.3 is 12.4 Å². The van der Waals surface area contributed by atoms with Gasteiger partial charge < -0.3 is 29.6 Å². The summed E-state index contributed by atoms with van der Waals surface area (Å²) in [4.78, 5) is 24.1. The molecule has 3 rings (SSSR count). The van der Waals surface area contributed by atoms with E-state index in [0.29, 0.717) is 18.4 Å². The van der Waals surface area contributed by atoms with E-state index in [4.69, 9.17) is 9.47 Å². The van der Waals surface area contributed by atoms with Gasteiger partial charge in [0, 0.05) is 6.54 Å². The maximum Gasteiger partial charge on any atom is 0.586 e. The third-order valence-electron chi connectivity index (χ3n) is 4.22. The maximum atomic E-state index is 13.1. The first kappa shape index (κ1) is 21.1. The van der Waals surface area contributed by atoms with Gasteiger partial charge in [-0.25, -0.2) is 4.79 Å². The van der Waals surface area contributed by atoms with Crippen LogP contribution in [-0.4, -0.2) is 42.6 Å². The molecule has 2 aliphatic rings. The number of carbonyl (C=O) groups is 2. The first-order valence-electron chi connectivity index (χ1n) is 9.28. The van der Waals surface area contributed by atoms with Gasteiger partial charge in [0.05, 0.1) is 12.6 Å². The molecular formula is C19H24F2N2O6. The molecule has 0 aliphatic carbocycles. The van der Waals surface area contributed by atoms with Crippen molar-refractivity contribution >= 4 is 12.0 Å². The van der Waals surface area contributed by atoms with Crippen molar-refractivity contribution in [3.05, 3.63) is 23.8 Å². The van der Waals surface area contributed by atoms with E-state index < -0.39 is 24.1 Å². The lowest BCUT2D eigenvalue weighted by atomic mass is 10.0. The van der Waals surface area contributed by atoms with Gasteiger partial charge in [-0.05, 0) is 51.3 Å². The molecule has 1 aromatic carbocycles. The SMILES string of the molecule is CC(C)(C)OC(=O)N[C@@H]1CC[C@@H](C(=O)NCc2ccc3c(c2)OC(F)(F)O3)OC1. The lowest BCUT2D eigenvalue weighted by Gasteiger charge is -2.29. The molecule has 0 unspecified atom stereocenters. The van der Waals surface area contributed by atoms with Gasteiger partial charge in [0.1, 0.15) is 11.7 Å². The molecular weight excluding hydrogens is 390 g/mol. The van der Waals surface area contributed by atoms with Crippen molar-refractivity contribution in [3.8, 4) is 11.5 Å². The van der Waals surface area contributed by atoms with Gasteiger partial charge in [0.25, 0.3) is 0 Å². The Labute approximate surface area is 166 Å². The van der Waals surface area contributed by atoms with Crippen LogP contribution < -0.4 is 20.1 Å². The number of amides is 2. The van der Waals surface area contributed by atoms with E-state index in [9.17, 15) is 18.4 Å². The largest absolute Gasteiger partial charge is 0.586 e. The number of carbonyl (C=O) groups excluding carboxylic acids is 2. The van der Waals surface area contributed by atoms with E-state index in [1.165, 1.54) is 12.1 Å². The molecule has 2 atom stereocenters. The molecule has 0 bridgehead atoms. The molecule has 0 radical (unpaired) electrons. The van der Waals surface area contributed by atoms with Crippen LogP contribution in [-0.2, 0) is 20.8 Å². The fraction of sp³-hybridized carbons (Fsp3) is 0.579. The summed E-state index contributed by atoms with van der Waals surface area (Å²) >= 11 is 0. The molecule has 1 saturated heterocycles. The molecule has 2 amide bonds. The topological polar surface area (TPSA) is 95.1 Å². The second-order valence-electron chi connectivity index (χ2n) is 7.91. The lowest BCUT2D eigenvalue weighted by molar-refractivity contribution is -0.286. The van der Waals surface area contributed by atoms with Crippen molar-refractivity contribution in [2.75, 3.05) is 6.61 Å². The molecule has 8 nitrogen and oxygen atoms in total. The van der Waals surface area contributed by atoms with Crippen LogP contribution >= 0.6 is 0 Å². The zero-order valence-corrected chi connectivity index (χ0v) is 16.4. The van der Waals surface area contributed by atoms with Crippen LogP contribution in [0.3, 0.4) is 0 Å². The standard InChI is InChI=1S/C19H24F2N2O6/c1-18(2,3)29-17(25)23-12-5-7-14(26-10-12)16(24)22-9-11-4-6-13-15(8-11)28-19(20,21)27-13/h4,6,8,12,14H,5,7,9-10H2,1-3H3,(H,22,24)(H,23,25)/t12-,14+/m1/s1. The summed E-state index contributed by atoms with van der Waals surface area (Å²) < 4.78 is 45.6. The Morgan fingerprint density at radius 2 is 1.93 bits per heavy atom. The summed E-state index contributed by atoms with van der Waals surface area (Å²) in [5, 5.41) is 5.43. The number of halogens is 2. The van der Waals surface area contributed by atoms with Gasteiger partial charge in [-0.15, -0.1) is 8.78 Å². The smallest absolute Gasteiger partial charge is 0.444 e. The van der Waals surface area contributed by atoms with E-state index >= 15 is 0 Å². The number of ether oxygens (including phenoxy) is 4. The maximum absolute atomic E-state index is 13.1. The van der Waals surface area contributed by atoms with Crippen LogP contribution in [0.5, 0.6) is 11.5 Å². The monoisotopic (exact) mass is 414 g/mol. The molecule has 160 valence electrons. The van der Waals surface area contributed by atoms with Gasteiger partial charge in [-0.2, -0.15) is 0 Å². The highest BCUT2D eigenvalue weighted by Gasteiger charge is 2.43. The fourth-order valence-corrected chi connectivity index (χ4v) is 2.95. The van der Waals surface area contributed by atoms with Crippen LogP contribution in [0.2, 0.25) is 0 Å². The van der Waals surface area contributed by atoms with E-state index in [-0.39, 0.29) is 36.6 Å². The van der Waals surface area contributed by atoms with Crippen LogP contribution in [0, 0.1) is 0 Å². The Kier molecular flexibility index (Phi) is 5.83. The highest BCUT2D eigenvalue weighted by molar-refractivity contribution is 5.80. The van der Waals surface area contributed by atoms with Crippen LogP contribution in [0.4, 0.5) is 13.6 Å². The number of alkyl halides is 2. The molecule has 1 aromatic rings. The van der Waals surface area contributed by atoms with Crippen LogP contribution in [0.25, 0.3) is 0 Å². The Morgan fingerprint density at radius 1 is 1.21 bits per heavy atom. The number of nitrogens with one attached hydrogen (secondary N) is 2. The van der Waals surface area contributed by atoms with Crippen molar-refractivity contribution in [2.24, 2.45) is 0 Å². The van der Waals surface area contributed by atoms with Crippen LogP contribution in [0.15, 0.2) is 18.2 Å². The molecule has 1 fully saturated rings. The second kappa shape index (κ2) is 8.02. The minimum atomic E-state index is -3.68. The van der Waals surface area contributed by atoms with E-state index in [0.717, 1.165) is 0 Å². The zero-order valence-electron chi connectivity index (χ0n) is 16.4. The average Bonchev–Trinajstić information content (AvgIpc) is 2.91. The molecule has 2 aliphatic heterocycles. The van der Waals surface area contributed by atoms with E-state index in [2.05, 4.69) is 20.1 Å². The van der Waals surface area contributed by atoms with Crippen molar-refractivity contribution in [1.29, 1.82) is 0 Å². The molecule has 29 heavy (non-hydrogen) atoms. The Hall–Kier alpha value is -2.62. The minimum absolute atomic E-state index is 0.0516. The molecule has 0 saturated carbocycles. The summed E-state index contributed by atoms with van der Waals surface area (Å²) in [6.45, 7) is 5.64. The molecule has 10 heteroatoms. The molecule has 2 heterocycles. The lowest BCUT2D eigenvalue weighted by Crippen LogP contribution is -2.48. The first-order chi connectivity index (χ1) is 13.5. The van der Waals surface area contributed by atoms with Crippen molar-refractivity contribution in [2.45, 2.75) is 64.2 Å². The van der Waals surface area contributed by atoms with Gasteiger partial charge in [0.15, 0.2) is 11.5 Å². The van der Waals surface area contributed by atoms with Crippen molar-refractivity contribution < 1.29 is 37.3 Å². The van der Waals surface area contributed by atoms with Gasteiger partial charge in [-0.1, -0.05) is 6.07 Å². The summed E-state index contributed by atoms with van der Waals surface area (Å²) in [5.41, 5.74) is -0.00852. The van der Waals surface area contributed by atoms with Crippen molar-refractivity contribution in [1.82, 2.24) is 10.6 Å². The third kappa shape index (κ3) is 5.93. The summed E-state index contributed by atoms with van der Waals surface area (Å²) in [6.07, 6.45) is -3.85. The van der Waals surface area contributed by atoms with Gasteiger partial charge in [-0.3, -0.25) is 4.79 Å². The average molecular weight is 414 g/mol. The molecule has 0 spiro atoms. The number of benzene rings is 1. The number of fused-ring (bicyclic) bond motifs is 1. The minimum Gasteiger partial charge on any atom is -0.444 e. The van der Waals surface area contributed by atoms with Gasteiger partial charge in [0.2, 0.25) is 5.91 Å². The summed E-state index contributed by atoms with van der Waals surface area (Å²) in [5.74, 6) is -0.445. The van der Waals surface area contributed by atoms with E-state index in [1.807, 2.05) is 0 Å². The predicted molar refractivity (Wildman–Crippen MR) is 96.6 cm³/mol. The third-order valence-corrected chi connectivity index (χ3v) is 4.22. The predicted octanol–water partition coefficient (Wildman–Crippen LogP) is 2.70. The van der Waals surface area contributed by atoms with Crippen molar-refractivity contribution in [3.63, 3.8) is 0 Å². The number of alkyl carbamates (subject to hydrolysis) is 1. The highest BCUT2D eigenvalue weighted by Crippen LogP contribution is 2.41. The normalized spacial score (nSPS) is 22.7. The number of hydrogen-bond donors (Lipinski definition) is 2. The Morgan fingerprint density at radius 3 is 2.59 bits per heavy atom. The van der Waals surface area contributed by atoms with Crippen LogP contribution in [0.1, 0.15) is 39.2 Å².